The molecule has 0 aliphatic heterocycles. The Hall–Kier alpha value is -1.16. The molecule has 0 fully saturated rings. The maximum atomic E-state index is 12.1. The van der Waals surface area contributed by atoms with Gasteiger partial charge in [0.2, 0.25) is 12.0 Å². The van der Waals surface area contributed by atoms with Gasteiger partial charge in [-0.25, -0.2) is 8.42 Å². The molecule has 0 saturated carbocycles. The van der Waals surface area contributed by atoms with E-state index in [-0.39, 0.29) is 5.82 Å². The summed E-state index contributed by atoms with van der Waals surface area (Å²) in [5.41, 5.74) is -5.65. The quantitative estimate of drug-likeness (QED) is 0.287. The molecule has 0 N–H and O–H groups in total. The van der Waals surface area contributed by atoms with Gasteiger partial charge in [0.25, 0.3) is 0 Å². The Kier molecular flexibility index (Phi) is 4.44. The van der Waals surface area contributed by atoms with E-state index in [2.05, 4.69) is 0 Å². The van der Waals surface area contributed by atoms with E-state index in [4.69, 9.17) is 13.0 Å². The number of halogens is 4. The van der Waals surface area contributed by atoms with Crippen LogP contribution in [0.2, 0.25) is 0 Å². The Morgan fingerprint density at radius 1 is 1.44 bits per heavy atom. The van der Waals surface area contributed by atoms with Crippen LogP contribution in [0.25, 0.3) is 0 Å². The second-order valence-electron chi connectivity index (χ2n) is 2.69. The number of hydrogen-bond acceptors (Lipinski definition) is 3. The first kappa shape index (κ1) is 14.8. The first-order valence-electron chi connectivity index (χ1n) is 3.65. The van der Waals surface area contributed by atoms with Crippen molar-refractivity contribution in [3.63, 3.8) is 0 Å². The molecular formula is C6H8F4N2O3S. The molecule has 0 amide bonds. The Morgan fingerprint density at radius 2 is 1.81 bits per heavy atom. The zero-order valence-corrected chi connectivity index (χ0v) is 9.01. The van der Waals surface area contributed by atoms with Crippen molar-refractivity contribution in [2.75, 3.05) is 0 Å². The summed E-state index contributed by atoms with van der Waals surface area (Å²) in [5, 5.41) is 0. The second-order valence-corrected chi connectivity index (χ2v) is 4.06. The normalized spacial score (nSPS) is 11.9. The van der Waals surface area contributed by atoms with Crippen LogP contribution < -0.4 is 4.68 Å². The van der Waals surface area contributed by atoms with Crippen molar-refractivity contribution >= 4 is 10.1 Å². The van der Waals surface area contributed by atoms with Gasteiger partial charge in [-0.1, -0.05) is 0 Å². The number of aryl methyl sites for hydroxylation is 2. The van der Waals surface area contributed by atoms with E-state index in [0.29, 0.717) is 0 Å². The second kappa shape index (κ2) is 4.78. The topological polar surface area (TPSA) is 66.0 Å². The first-order valence-corrected chi connectivity index (χ1v) is 5.06. The summed E-state index contributed by atoms with van der Waals surface area (Å²) in [5.74, 6) is -0.199. The predicted octanol–water partition coefficient (Wildman–Crippen LogP) is 0.0401. The van der Waals surface area contributed by atoms with Gasteiger partial charge in [-0.15, -0.1) is 4.68 Å². The van der Waals surface area contributed by atoms with Gasteiger partial charge in [0.1, 0.15) is 6.20 Å². The standard InChI is InChI=1S/C5H8FN2.CHF3O3S/c1-7-3-5(6)4-8(7)2;2-1(3,4)8(5,6)7/h3-4H,1-2H3;(H,5,6,7)/q+1;/p-1. The smallest absolute Gasteiger partial charge is 0.485 e. The van der Waals surface area contributed by atoms with Crippen LogP contribution in [0, 0.1) is 5.82 Å². The fraction of sp³-hybridized carbons (Fsp3) is 0.500. The van der Waals surface area contributed by atoms with Crippen LogP contribution in [0.3, 0.4) is 0 Å². The lowest BCUT2D eigenvalue weighted by molar-refractivity contribution is -0.751. The molecule has 16 heavy (non-hydrogen) atoms. The molecule has 0 unspecified atom stereocenters. The maximum Gasteiger partial charge on any atom is 0.485 e. The minimum atomic E-state index is -6.09. The van der Waals surface area contributed by atoms with Crippen molar-refractivity contribution < 1.29 is 35.2 Å². The molecule has 0 atom stereocenters. The number of hydrogen-bond donors (Lipinski definition) is 0. The number of rotatable bonds is 0. The fourth-order valence-corrected chi connectivity index (χ4v) is 0.572. The monoisotopic (exact) mass is 264 g/mol. The van der Waals surface area contributed by atoms with Gasteiger partial charge in [0.05, 0.1) is 7.05 Å². The van der Waals surface area contributed by atoms with Crippen molar-refractivity contribution in [1.82, 2.24) is 4.68 Å². The predicted molar refractivity (Wildman–Crippen MR) is 42.3 cm³/mol. The summed E-state index contributed by atoms with van der Waals surface area (Å²) in [6.45, 7) is 0. The molecule has 94 valence electrons. The SMILES string of the molecule is Cn1cc(F)c[n+]1C.O=S(=O)([O-])C(F)(F)F. The van der Waals surface area contributed by atoms with Gasteiger partial charge in [-0.3, -0.25) is 0 Å². The highest BCUT2D eigenvalue weighted by Crippen LogP contribution is 2.20. The van der Waals surface area contributed by atoms with Crippen LogP contribution >= 0.6 is 0 Å². The van der Waals surface area contributed by atoms with Crippen molar-refractivity contribution in [1.29, 1.82) is 0 Å². The van der Waals surface area contributed by atoms with Crippen molar-refractivity contribution in [2.24, 2.45) is 14.1 Å². The summed E-state index contributed by atoms with van der Waals surface area (Å²) in [4.78, 5) is 0. The van der Waals surface area contributed by atoms with Crippen LogP contribution in [-0.4, -0.2) is 23.2 Å². The molecule has 0 aliphatic carbocycles. The van der Waals surface area contributed by atoms with Gasteiger partial charge in [-0.05, 0) is 0 Å². The molecule has 1 rings (SSSR count). The van der Waals surface area contributed by atoms with Crippen LogP contribution in [0.5, 0.6) is 0 Å². The van der Waals surface area contributed by atoms with E-state index in [1.165, 1.54) is 12.4 Å². The molecule has 1 aromatic rings. The highest BCUT2D eigenvalue weighted by atomic mass is 32.2. The summed E-state index contributed by atoms with van der Waals surface area (Å²) < 4.78 is 74.4. The van der Waals surface area contributed by atoms with Gasteiger partial charge >= 0.3 is 5.51 Å². The van der Waals surface area contributed by atoms with Crippen LogP contribution in [0.15, 0.2) is 12.4 Å². The summed E-state index contributed by atoms with van der Waals surface area (Å²) >= 11 is 0. The molecule has 1 heterocycles. The third-order valence-electron chi connectivity index (χ3n) is 1.40. The Labute approximate surface area is 88.6 Å². The zero-order valence-electron chi connectivity index (χ0n) is 8.19. The van der Waals surface area contributed by atoms with E-state index < -0.39 is 15.6 Å². The lowest BCUT2D eigenvalue weighted by Crippen LogP contribution is -2.35. The van der Waals surface area contributed by atoms with E-state index >= 15 is 0 Å². The Morgan fingerprint density at radius 3 is 1.88 bits per heavy atom. The van der Waals surface area contributed by atoms with Gasteiger partial charge < -0.3 is 4.55 Å². The third kappa shape index (κ3) is 4.57. The highest BCUT2D eigenvalue weighted by molar-refractivity contribution is 7.86. The Bertz CT molecular complexity index is 431. The molecule has 10 heteroatoms. The van der Waals surface area contributed by atoms with Crippen molar-refractivity contribution in [3.05, 3.63) is 18.2 Å². The summed E-state index contributed by atoms with van der Waals surface area (Å²) in [6, 6.07) is 0. The number of aromatic nitrogens is 2. The third-order valence-corrected chi connectivity index (χ3v) is 1.97. The zero-order chi connectivity index (χ0) is 13.1. The van der Waals surface area contributed by atoms with E-state index in [0.717, 1.165) is 0 Å². The van der Waals surface area contributed by atoms with Gasteiger partial charge in [0, 0.05) is 0 Å². The maximum absolute atomic E-state index is 12.1. The molecule has 0 radical (unpaired) electrons. The average Bonchev–Trinajstić information content (AvgIpc) is 2.26. The molecule has 5 nitrogen and oxygen atoms in total. The molecule has 0 spiro atoms. The van der Waals surface area contributed by atoms with Gasteiger partial charge in [0.15, 0.2) is 17.2 Å². The molecule has 0 aliphatic rings. The van der Waals surface area contributed by atoms with Gasteiger partial charge in [-0.2, -0.15) is 22.2 Å². The molecule has 0 bridgehead atoms. The van der Waals surface area contributed by atoms with Crippen LogP contribution in [0.1, 0.15) is 0 Å². The van der Waals surface area contributed by atoms with Crippen LogP contribution in [-0.2, 0) is 24.2 Å². The molecule has 0 saturated heterocycles. The molecule has 0 aromatic carbocycles. The molecule has 1 aromatic heterocycles. The number of alkyl halides is 3. The Balaban J connectivity index is 0.000000281. The lowest BCUT2D eigenvalue weighted by atomic mass is 10.7. The van der Waals surface area contributed by atoms with E-state index in [1.807, 2.05) is 0 Å². The lowest BCUT2D eigenvalue weighted by Gasteiger charge is -2.08. The number of nitrogens with zero attached hydrogens (tertiary/aromatic N) is 2. The summed E-state index contributed by atoms with van der Waals surface area (Å²) in [6.07, 6.45) is 2.83. The van der Waals surface area contributed by atoms with E-state index in [9.17, 15) is 17.6 Å². The first-order chi connectivity index (χ1) is 6.95. The minimum absolute atomic E-state index is 0.199. The van der Waals surface area contributed by atoms with Crippen molar-refractivity contribution in [3.8, 4) is 0 Å². The van der Waals surface area contributed by atoms with E-state index in [1.54, 1.807) is 23.5 Å². The summed E-state index contributed by atoms with van der Waals surface area (Å²) in [7, 11) is -2.53. The molecular weight excluding hydrogens is 256 g/mol. The van der Waals surface area contributed by atoms with Crippen LogP contribution in [0.4, 0.5) is 17.6 Å². The minimum Gasteiger partial charge on any atom is -0.741 e. The average molecular weight is 264 g/mol. The van der Waals surface area contributed by atoms with Crippen molar-refractivity contribution in [2.45, 2.75) is 5.51 Å². The fourth-order valence-electron chi connectivity index (χ4n) is 0.572. The largest absolute Gasteiger partial charge is 0.741 e. The highest BCUT2D eigenvalue weighted by Gasteiger charge is 2.36.